The fourth-order valence-corrected chi connectivity index (χ4v) is 3.76. The van der Waals surface area contributed by atoms with Crippen LogP contribution in [0.25, 0.3) is 0 Å². The first kappa shape index (κ1) is 26.7. The van der Waals surface area contributed by atoms with E-state index in [2.05, 4.69) is 65.5 Å². The molecule has 1 aromatic carbocycles. The molecule has 2 N–H and O–H groups in total. The van der Waals surface area contributed by atoms with Crippen LogP contribution in [-0.2, 0) is 17.9 Å². The van der Waals surface area contributed by atoms with Crippen LogP contribution in [0.5, 0.6) is 0 Å². The van der Waals surface area contributed by atoms with Crippen LogP contribution in [0.3, 0.4) is 0 Å². The second kappa shape index (κ2) is 14.6. The summed E-state index contributed by atoms with van der Waals surface area (Å²) in [4.78, 5) is 21.2. The van der Waals surface area contributed by atoms with Crippen molar-refractivity contribution in [2.24, 2.45) is 10.9 Å². The van der Waals surface area contributed by atoms with Gasteiger partial charge in [0.1, 0.15) is 0 Å². The first-order valence-corrected chi connectivity index (χ1v) is 11.1. The highest BCUT2D eigenvalue weighted by atomic mass is 127. The third-order valence-electron chi connectivity index (χ3n) is 5.74. The first-order chi connectivity index (χ1) is 14.1. The molecule has 1 aliphatic rings. The molecule has 0 bridgehead atoms. The second-order valence-electron chi connectivity index (χ2n) is 7.76. The summed E-state index contributed by atoms with van der Waals surface area (Å²) in [5.41, 5.74) is 2.59. The number of hydrogen-bond acceptors (Lipinski definition) is 3. The van der Waals surface area contributed by atoms with E-state index in [4.69, 9.17) is 4.99 Å². The van der Waals surface area contributed by atoms with Gasteiger partial charge in [0.05, 0.1) is 6.54 Å². The first-order valence-electron chi connectivity index (χ1n) is 11.1. The van der Waals surface area contributed by atoms with Gasteiger partial charge in [-0.1, -0.05) is 38.1 Å². The van der Waals surface area contributed by atoms with Gasteiger partial charge in [-0.3, -0.25) is 9.69 Å². The van der Waals surface area contributed by atoms with Crippen molar-refractivity contribution in [3.05, 3.63) is 35.4 Å². The minimum Gasteiger partial charge on any atom is -0.359 e. The zero-order valence-electron chi connectivity index (χ0n) is 19.1. The summed E-state index contributed by atoms with van der Waals surface area (Å²) in [5, 5.41) is 6.17. The lowest BCUT2D eigenvalue weighted by Gasteiger charge is -2.34. The molecule has 0 saturated carbocycles. The normalized spacial score (nSPS) is 15.1. The maximum atomic E-state index is 11.6. The van der Waals surface area contributed by atoms with E-state index in [0.29, 0.717) is 18.9 Å². The molecule has 1 amide bonds. The van der Waals surface area contributed by atoms with Crippen molar-refractivity contribution in [3.8, 4) is 0 Å². The molecule has 7 heteroatoms. The number of carbonyl (C=O) groups is 1. The van der Waals surface area contributed by atoms with Gasteiger partial charge in [0.15, 0.2) is 5.96 Å². The molecule has 170 valence electrons. The fraction of sp³-hybridized carbons (Fsp3) is 0.652. The third kappa shape index (κ3) is 8.79. The maximum Gasteiger partial charge on any atom is 0.220 e. The van der Waals surface area contributed by atoms with Gasteiger partial charge in [0.2, 0.25) is 5.91 Å². The molecule has 1 fully saturated rings. The predicted molar refractivity (Wildman–Crippen MR) is 136 cm³/mol. The van der Waals surface area contributed by atoms with Crippen molar-refractivity contribution in [2.75, 3.05) is 39.8 Å². The number of carbonyl (C=O) groups excluding carboxylic acids is 1. The van der Waals surface area contributed by atoms with Crippen molar-refractivity contribution in [3.63, 3.8) is 0 Å². The smallest absolute Gasteiger partial charge is 0.220 e. The summed E-state index contributed by atoms with van der Waals surface area (Å²) in [5.74, 6) is 1.61. The van der Waals surface area contributed by atoms with E-state index in [0.717, 1.165) is 58.1 Å². The Kier molecular flexibility index (Phi) is 13.0. The molecular formula is C23H40IN5O. The average Bonchev–Trinajstić information content (AvgIpc) is 2.76. The largest absolute Gasteiger partial charge is 0.359 e. The lowest BCUT2D eigenvalue weighted by atomic mass is 9.93. The molecule has 1 heterocycles. The van der Waals surface area contributed by atoms with Crippen molar-refractivity contribution in [1.29, 1.82) is 0 Å². The quantitative estimate of drug-likeness (QED) is 0.292. The van der Waals surface area contributed by atoms with E-state index in [1.54, 1.807) is 7.05 Å². The Hall–Kier alpha value is -1.35. The molecule has 30 heavy (non-hydrogen) atoms. The molecule has 6 nitrogen and oxygen atoms in total. The Labute approximate surface area is 199 Å². The van der Waals surface area contributed by atoms with Gasteiger partial charge < -0.3 is 15.5 Å². The molecule has 1 saturated heterocycles. The summed E-state index contributed by atoms with van der Waals surface area (Å²) in [6.45, 7) is 13.1. The Balaban J connectivity index is 0.00000450. The lowest BCUT2D eigenvalue weighted by Crippen LogP contribution is -2.46. The van der Waals surface area contributed by atoms with E-state index in [1.165, 1.54) is 11.1 Å². The summed E-state index contributed by atoms with van der Waals surface area (Å²) < 4.78 is 0. The summed E-state index contributed by atoms with van der Waals surface area (Å²) >= 11 is 0. The highest BCUT2D eigenvalue weighted by molar-refractivity contribution is 14.0. The molecular weight excluding hydrogens is 489 g/mol. The molecule has 2 rings (SSSR count). The molecule has 0 atom stereocenters. The number of guanidine groups is 1. The van der Waals surface area contributed by atoms with Gasteiger partial charge in [0.25, 0.3) is 0 Å². The molecule has 0 radical (unpaired) electrons. The standard InChI is InChI=1S/C23H39N5O.HI/c1-5-25-23(28-14-12-19(13-15-28)16-22(29)24-4)26-17-20-8-10-21(11-9-20)18-27(6-2)7-3;/h8-11,19H,5-7,12-18H2,1-4H3,(H,24,29)(H,25,26);1H. The minimum absolute atomic E-state index is 0. The molecule has 0 spiro atoms. The Morgan fingerprint density at radius 3 is 2.23 bits per heavy atom. The van der Waals surface area contributed by atoms with Gasteiger partial charge in [-0.2, -0.15) is 0 Å². The molecule has 0 aliphatic carbocycles. The number of rotatable bonds is 9. The van der Waals surface area contributed by atoms with Crippen molar-refractivity contribution < 1.29 is 4.79 Å². The van der Waals surface area contributed by atoms with Crippen LogP contribution in [0.1, 0.15) is 51.2 Å². The van der Waals surface area contributed by atoms with Crippen LogP contribution in [0.2, 0.25) is 0 Å². The molecule has 0 unspecified atom stereocenters. The molecule has 0 aromatic heterocycles. The van der Waals surface area contributed by atoms with Crippen molar-refractivity contribution in [1.82, 2.24) is 20.4 Å². The number of amides is 1. The van der Waals surface area contributed by atoms with Crippen LogP contribution >= 0.6 is 24.0 Å². The van der Waals surface area contributed by atoms with E-state index < -0.39 is 0 Å². The highest BCUT2D eigenvalue weighted by Crippen LogP contribution is 2.20. The SMILES string of the molecule is CCNC(=NCc1ccc(CN(CC)CC)cc1)N1CCC(CC(=O)NC)CC1.I. The number of aliphatic imine (C=N–C) groups is 1. The number of hydrogen-bond donors (Lipinski definition) is 2. The van der Waals surface area contributed by atoms with Gasteiger partial charge in [0, 0.05) is 39.6 Å². The molecule has 1 aromatic rings. The Morgan fingerprint density at radius 2 is 1.70 bits per heavy atom. The minimum atomic E-state index is 0. The number of halogens is 1. The topological polar surface area (TPSA) is 60.0 Å². The van der Waals surface area contributed by atoms with Gasteiger partial charge in [-0.05, 0) is 49.9 Å². The average molecular weight is 530 g/mol. The summed E-state index contributed by atoms with van der Waals surface area (Å²) in [6, 6.07) is 8.84. The number of likely N-dealkylation sites (tertiary alicyclic amines) is 1. The van der Waals surface area contributed by atoms with Gasteiger partial charge in [-0.15, -0.1) is 24.0 Å². The zero-order valence-corrected chi connectivity index (χ0v) is 21.4. The van der Waals surface area contributed by atoms with Crippen LogP contribution in [0.15, 0.2) is 29.3 Å². The van der Waals surface area contributed by atoms with E-state index >= 15 is 0 Å². The Bertz CT molecular complexity index is 637. The number of nitrogens with one attached hydrogen (secondary N) is 2. The van der Waals surface area contributed by atoms with Crippen LogP contribution < -0.4 is 10.6 Å². The molecule has 1 aliphatic heterocycles. The number of piperidine rings is 1. The summed E-state index contributed by atoms with van der Waals surface area (Å²) in [6.07, 6.45) is 2.72. The monoisotopic (exact) mass is 529 g/mol. The summed E-state index contributed by atoms with van der Waals surface area (Å²) in [7, 11) is 1.71. The van der Waals surface area contributed by atoms with E-state index in [9.17, 15) is 4.79 Å². The van der Waals surface area contributed by atoms with Crippen LogP contribution in [0, 0.1) is 5.92 Å². The van der Waals surface area contributed by atoms with Gasteiger partial charge >= 0.3 is 0 Å². The number of nitrogens with zero attached hydrogens (tertiary/aromatic N) is 3. The second-order valence-corrected chi connectivity index (χ2v) is 7.76. The van der Waals surface area contributed by atoms with E-state index in [-0.39, 0.29) is 29.9 Å². The highest BCUT2D eigenvalue weighted by Gasteiger charge is 2.23. The fourth-order valence-electron chi connectivity index (χ4n) is 3.76. The lowest BCUT2D eigenvalue weighted by molar-refractivity contribution is -0.121. The Morgan fingerprint density at radius 1 is 1.10 bits per heavy atom. The van der Waals surface area contributed by atoms with Crippen molar-refractivity contribution >= 4 is 35.8 Å². The van der Waals surface area contributed by atoms with Gasteiger partial charge in [-0.25, -0.2) is 4.99 Å². The maximum absolute atomic E-state index is 11.6. The predicted octanol–water partition coefficient (Wildman–Crippen LogP) is 3.46. The number of benzene rings is 1. The van der Waals surface area contributed by atoms with Crippen molar-refractivity contribution in [2.45, 2.75) is 53.1 Å². The zero-order chi connectivity index (χ0) is 21.1. The van der Waals surface area contributed by atoms with Crippen LogP contribution in [-0.4, -0.2) is 61.4 Å². The third-order valence-corrected chi connectivity index (χ3v) is 5.74. The van der Waals surface area contributed by atoms with E-state index in [1.807, 2.05) is 0 Å². The van der Waals surface area contributed by atoms with Crippen LogP contribution in [0.4, 0.5) is 0 Å².